The van der Waals surface area contributed by atoms with Crippen molar-refractivity contribution in [2.45, 2.75) is 50.9 Å². The van der Waals surface area contributed by atoms with Crippen LogP contribution in [0, 0.1) is 5.92 Å². The second-order valence-electron chi connectivity index (χ2n) is 15.0. The van der Waals surface area contributed by atoms with E-state index >= 15 is 0 Å². The Labute approximate surface area is 332 Å². The molecular weight excluding hydrogens is 723 g/mol. The Hall–Kier alpha value is -5.69. The van der Waals surface area contributed by atoms with Gasteiger partial charge in [-0.25, -0.2) is 4.79 Å². The minimum Gasteiger partial charge on any atom is -0.506 e. The van der Waals surface area contributed by atoms with Crippen molar-refractivity contribution in [2.24, 2.45) is 5.92 Å². The number of para-hydroxylation sites is 1. The molecule has 2 amide bonds. The van der Waals surface area contributed by atoms with Crippen LogP contribution in [0.5, 0.6) is 11.5 Å². The number of anilines is 1. The molecule has 2 aliphatic heterocycles. The van der Waals surface area contributed by atoms with E-state index < -0.39 is 12.2 Å². The number of aromatic hydroxyl groups is 1. The number of carbonyl (C=O) groups excluding carboxylic acids is 2. The molecule has 0 bridgehead atoms. The highest BCUT2D eigenvalue weighted by Crippen LogP contribution is 2.30. The Kier molecular flexibility index (Phi) is 13.2. The zero-order valence-corrected chi connectivity index (χ0v) is 32.1. The molecule has 2 fully saturated rings. The largest absolute Gasteiger partial charge is 0.506 e. The number of nitrogens with zero attached hydrogens (tertiary/aromatic N) is 2. The van der Waals surface area contributed by atoms with Crippen LogP contribution in [0.4, 0.5) is 10.5 Å². The summed E-state index contributed by atoms with van der Waals surface area (Å²) in [5.74, 6) is 1.11. The smallest absolute Gasteiger partial charge is 0.411 e. The first kappa shape index (κ1) is 39.5. The third kappa shape index (κ3) is 10.6. The van der Waals surface area contributed by atoms with Gasteiger partial charge in [-0.2, -0.15) is 0 Å². The zero-order chi connectivity index (χ0) is 39.6. The summed E-state index contributed by atoms with van der Waals surface area (Å²) in [6.45, 7) is 4.94. The first-order chi connectivity index (χ1) is 27.8. The molecule has 0 spiro atoms. The number of ether oxygens (including phenoxy) is 2. The van der Waals surface area contributed by atoms with E-state index in [1.165, 1.54) is 12.1 Å². The van der Waals surface area contributed by atoms with E-state index in [2.05, 4.69) is 20.5 Å². The lowest BCUT2D eigenvalue weighted by Gasteiger charge is -2.35. The summed E-state index contributed by atoms with van der Waals surface area (Å²) < 4.78 is 11.7. The van der Waals surface area contributed by atoms with Crippen LogP contribution < -0.4 is 20.9 Å². The molecule has 2 aliphatic rings. The number of amides is 2. The van der Waals surface area contributed by atoms with Crippen LogP contribution in [-0.2, 0) is 16.1 Å². The molecule has 7 rings (SSSR count). The predicted octanol–water partition coefficient (Wildman–Crippen LogP) is 6.44. The van der Waals surface area contributed by atoms with E-state index in [0.717, 1.165) is 87.2 Å². The quantitative estimate of drug-likeness (QED) is 0.0857. The van der Waals surface area contributed by atoms with Crippen molar-refractivity contribution in [1.82, 2.24) is 20.1 Å². The maximum absolute atomic E-state index is 13.1. The number of benzene rings is 4. The average molecular weight is 774 g/mol. The predicted molar refractivity (Wildman–Crippen MR) is 220 cm³/mol. The Balaban J connectivity index is 0.772. The van der Waals surface area contributed by atoms with Gasteiger partial charge in [0.2, 0.25) is 5.56 Å². The Morgan fingerprint density at radius 3 is 2.44 bits per heavy atom. The maximum atomic E-state index is 13.1. The number of aliphatic hydroxyl groups excluding tert-OH is 1. The van der Waals surface area contributed by atoms with Crippen LogP contribution in [-0.4, -0.2) is 89.0 Å². The standard InChI is InChI=1S/C45H51N5O7/c51-40-15-13-37(38-14-16-42(53)48-44(38)40)41(52)29-46-28-32-7-6-10-35(27-32)56-30-43(54)50-25-18-31(19-26-50)17-22-49-23-20-34(21-24-49)57-45(55)47-39-12-5-4-11-36(39)33-8-2-1-3-9-33/h1-16,27,31,34,41,46,51-52H,17-26,28-30H2,(H,47,55)(H,48,53)/t41-/m0/s1. The molecule has 12 nitrogen and oxygen atoms in total. The van der Waals surface area contributed by atoms with Crippen LogP contribution in [0.25, 0.3) is 22.0 Å². The molecule has 5 aromatic rings. The molecule has 0 aliphatic carbocycles. The number of pyridine rings is 1. The van der Waals surface area contributed by atoms with Crippen molar-refractivity contribution >= 4 is 28.6 Å². The van der Waals surface area contributed by atoms with Crippen molar-refractivity contribution in [3.05, 3.63) is 125 Å². The lowest BCUT2D eigenvalue weighted by Crippen LogP contribution is -2.42. The summed E-state index contributed by atoms with van der Waals surface area (Å²) in [4.78, 5) is 44.6. The fourth-order valence-corrected chi connectivity index (χ4v) is 7.83. The van der Waals surface area contributed by atoms with Gasteiger partial charge in [0.25, 0.3) is 5.91 Å². The Morgan fingerprint density at radius 1 is 0.860 bits per heavy atom. The van der Waals surface area contributed by atoms with Gasteiger partial charge in [0.1, 0.15) is 17.6 Å². The average Bonchev–Trinajstić information content (AvgIpc) is 3.23. The van der Waals surface area contributed by atoms with E-state index in [1.807, 2.05) is 83.8 Å². The number of H-pyrrole nitrogens is 1. The Bertz CT molecular complexity index is 2180. The number of carbonyl (C=O) groups is 2. The highest BCUT2D eigenvalue weighted by atomic mass is 16.6. The van der Waals surface area contributed by atoms with Gasteiger partial charge in [-0.15, -0.1) is 0 Å². The number of hydrogen-bond donors (Lipinski definition) is 5. The second-order valence-corrected chi connectivity index (χ2v) is 15.0. The number of rotatable bonds is 14. The van der Waals surface area contributed by atoms with E-state index in [-0.39, 0.29) is 36.5 Å². The number of fused-ring (bicyclic) bond motifs is 1. The number of hydrogen-bond acceptors (Lipinski definition) is 9. The molecule has 12 heteroatoms. The maximum Gasteiger partial charge on any atom is 0.411 e. The van der Waals surface area contributed by atoms with Gasteiger partial charge < -0.3 is 39.8 Å². The molecule has 298 valence electrons. The van der Waals surface area contributed by atoms with Gasteiger partial charge >= 0.3 is 6.09 Å². The number of nitrogens with one attached hydrogen (secondary N) is 3. The molecule has 1 atom stereocenters. The summed E-state index contributed by atoms with van der Waals surface area (Å²) in [5.41, 5.74) is 4.24. The molecule has 1 aromatic heterocycles. The first-order valence-corrected chi connectivity index (χ1v) is 19.9. The third-order valence-corrected chi connectivity index (χ3v) is 11.1. The second kappa shape index (κ2) is 19.0. The topological polar surface area (TPSA) is 156 Å². The highest BCUT2D eigenvalue weighted by Gasteiger charge is 2.26. The number of likely N-dealkylation sites (tertiary alicyclic amines) is 2. The monoisotopic (exact) mass is 773 g/mol. The van der Waals surface area contributed by atoms with Crippen molar-refractivity contribution in [3.8, 4) is 22.6 Å². The van der Waals surface area contributed by atoms with Crippen LogP contribution in [0.15, 0.2) is 108 Å². The molecule has 0 radical (unpaired) electrons. The molecule has 0 unspecified atom stereocenters. The lowest BCUT2D eigenvalue weighted by atomic mass is 9.93. The van der Waals surface area contributed by atoms with Crippen molar-refractivity contribution in [3.63, 3.8) is 0 Å². The normalized spacial score (nSPS) is 16.0. The Morgan fingerprint density at radius 2 is 1.63 bits per heavy atom. The van der Waals surface area contributed by atoms with E-state index in [0.29, 0.717) is 34.7 Å². The minimum atomic E-state index is -0.866. The number of phenolic OH excluding ortho intramolecular Hbond substituents is 1. The fourth-order valence-electron chi connectivity index (χ4n) is 7.83. The SMILES string of the molecule is O=C(Nc1ccccc1-c1ccccc1)OC1CCN(CCC2CCN(C(=O)COc3cccc(CNC[C@H](O)c4ccc(O)c5[nH]c(=O)ccc45)c3)CC2)CC1. The van der Waals surface area contributed by atoms with Gasteiger partial charge in [0, 0.05) is 56.3 Å². The summed E-state index contributed by atoms with van der Waals surface area (Å²) >= 11 is 0. The van der Waals surface area contributed by atoms with Crippen LogP contribution in [0.1, 0.15) is 49.3 Å². The van der Waals surface area contributed by atoms with Crippen molar-refractivity contribution in [2.75, 3.05) is 51.2 Å². The van der Waals surface area contributed by atoms with Crippen LogP contribution >= 0.6 is 0 Å². The molecule has 57 heavy (non-hydrogen) atoms. The molecule has 3 heterocycles. The highest BCUT2D eigenvalue weighted by molar-refractivity contribution is 5.91. The number of aromatic amines is 1. The van der Waals surface area contributed by atoms with E-state index in [1.54, 1.807) is 12.1 Å². The van der Waals surface area contributed by atoms with E-state index in [4.69, 9.17) is 9.47 Å². The van der Waals surface area contributed by atoms with Crippen LogP contribution in [0.2, 0.25) is 0 Å². The number of phenols is 1. The van der Waals surface area contributed by atoms with Crippen LogP contribution in [0.3, 0.4) is 0 Å². The van der Waals surface area contributed by atoms with Crippen molar-refractivity contribution in [1.29, 1.82) is 0 Å². The molecular formula is C45H51N5O7. The number of aromatic nitrogens is 1. The third-order valence-electron chi connectivity index (χ3n) is 11.1. The van der Waals surface area contributed by atoms with Gasteiger partial charge in [-0.05, 0) is 91.6 Å². The van der Waals surface area contributed by atoms with Gasteiger partial charge in [0.05, 0.1) is 17.3 Å². The zero-order valence-electron chi connectivity index (χ0n) is 32.1. The molecule has 5 N–H and O–H groups in total. The summed E-state index contributed by atoms with van der Waals surface area (Å²) in [6, 6.07) is 31.4. The fraction of sp³-hybridized carbons (Fsp3) is 0.356. The molecule has 0 saturated carbocycles. The number of aliphatic hydroxyl groups is 1. The minimum absolute atomic E-state index is 0.0165. The van der Waals surface area contributed by atoms with Gasteiger partial charge in [-0.1, -0.05) is 66.7 Å². The van der Waals surface area contributed by atoms with Crippen molar-refractivity contribution < 1.29 is 29.3 Å². The summed E-state index contributed by atoms with van der Waals surface area (Å²) in [6.07, 6.45) is 3.28. The number of piperidine rings is 2. The van der Waals surface area contributed by atoms with E-state index in [9.17, 15) is 24.6 Å². The summed E-state index contributed by atoms with van der Waals surface area (Å²) in [7, 11) is 0. The molecule has 4 aromatic carbocycles. The molecule has 2 saturated heterocycles. The lowest BCUT2D eigenvalue weighted by molar-refractivity contribution is -0.134. The van der Waals surface area contributed by atoms with Gasteiger partial charge in [-0.3, -0.25) is 14.9 Å². The first-order valence-electron chi connectivity index (χ1n) is 19.9. The van der Waals surface area contributed by atoms with Gasteiger partial charge in [0.15, 0.2) is 6.61 Å². The summed E-state index contributed by atoms with van der Waals surface area (Å²) in [5, 5.41) is 27.8.